The number of rotatable bonds is 6. The Balaban J connectivity index is 2.40. The van der Waals surface area contributed by atoms with E-state index in [-0.39, 0.29) is 16.9 Å². The number of benzene rings is 3. The predicted molar refractivity (Wildman–Crippen MR) is 130 cm³/mol. The van der Waals surface area contributed by atoms with E-state index >= 15 is 0 Å². The smallest absolute Gasteiger partial charge is 0.165 e. The van der Waals surface area contributed by atoms with Crippen LogP contribution >= 0.6 is 0 Å². The SMILES string of the molecule is COc1cc(-c2cc(-c3cc(C)cc(OC)c3O)c(OC)cc2OC)c(O)c(C(C)(C)C)c1. The zero-order valence-corrected chi connectivity index (χ0v) is 20.5. The van der Waals surface area contributed by atoms with Gasteiger partial charge in [-0.25, -0.2) is 0 Å². The number of phenols is 2. The van der Waals surface area contributed by atoms with Crippen molar-refractivity contribution in [3.63, 3.8) is 0 Å². The lowest BCUT2D eigenvalue weighted by Crippen LogP contribution is -2.12. The quantitative estimate of drug-likeness (QED) is 0.473. The molecular formula is C27H32O6. The monoisotopic (exact) mass is 452 g/mol. The minimum Gasteiger partial charge on any atom is -0.507 e. The van der Waals surface area contributed by atoms with E-state index in [0.29, 0.717) is 45.3 Å². The van der Waals surface area contributed by atoms with Gasteiger partial charge in [0.2, 0.25) is 0 Å². The molecule has 0 unspecified atom stereocenters. The van der Waals surface area contributed by atoms with Crippen molar-refractivity contribution in [3.05, 3.63) is 47.5 Å². The molecule has 0 radical (unpaired) electrons. The highest BCUT2D eigenvalue weighted by atomic mass is 16.5. The van der Waals surface area contributed by atoms with Crippen LogP contribution in [0.5, 0.6) is 34.5 Å². The molecule has 2 N–H and O–H groups in total. The summed E-state index contributed by atoms with van der Waals surface area (Å²) in [5.74, 6) is 2.15. The maximum absolute atomic E-state index is 11.3. The summed E-state index contributed by atoms with van der Waals surface area (Å²) in [6.07, 6.45) is 0. The first-order valence-electron chi connectivity index (χ1n) is 10.6. The number of phenolic OH excluding ortho intramolecular Hbond substituents is 2. The fourth-order valence-electron chi connectivity index (χ4n) is 3.93. The van der Waals surface area contributed by atoms with Crippen LogP contribution in [0, 0.1) is 6.92 Å². The van der Waals surface area contributed by atoms with Crippen LogP contribution in [0.1, 0.15) is 31.9 Å². The van der Waals surface area contributed by atoms with Crippen molar-refractivity contribution in [2.45, 2.75) is 33.1 Å². The van der Waals surface area contributed by atoms with Crippen molar-refractivity contribution in [2.75, 3.05) is 28.4 Å². The predicted octanol–water partition coefficient (Wildman–Crippen LogP) is 6.07. The fraction of sp³-hybridized carbons (Fsp3) is 0.333. The Morgan fingerprint density at radius 3 is 1.61 bits per heavy atom. The Morgan fingerprint density at radius 1 is 0.576 bits per heavy atom. The van der Waals surface area contributed by atoms with Gasteiger partial charge in [0.25, 0.3) is 0 Å². The molecule has 0 saturated heterocycles. The maximum atomic E-state index is 11.3. The maximum Gasteiger partial charge on any atom is 0.165 e. The summed E-state index contributed by atoms with van der Waals surface area (Å²) in [7, 11) is 6.23. The van der Waals surface area contributed by atoms with Crippen molar-refractivity contribution < 1.29 is 29.2 Å². The van der Waals surface area contributed by atoms with Gasteiger partial charge in [-0.05, 0) is 48.2 Å². The molecule has 3 aromatic rings. The van der Waals surface area contributed by atoms with Crippen molar-refractivity contribution in [1.82, 2.24) is 0 Å². The van der Waals surface area contributed by atoms with E-state index in [1.807, 2.05) is 45.9 Å². The van der Waals surface area contributed by atoms with Crippen molar-refractivity contribution in [2.24, 2.45) is 0 Å². The average molecular weight is 453 g/mol. The lowest BCUT2D eigenvalue weighted by molar-refractivity contribution is 0.373. The van der Waals surface area contributed by atoms with Gasteiger partial charge in [0.1, 0.15) is 23.0 Å². The molecule has 0 heterocycles. The molecule has 0 aromatic heterocycles. The Labute approximate surface area is 195 Å². The Kier molecular flexibility index (Phi) is 6.68. The number of aromatic hydroxyl groups is 2. The standard InChI is InChI=1S/C27H32O6/c1-15-9-19(26(29)24(10-15)33-8)17-13-18(23(32-7)14-22(17)31-6)20-11-16(30-5)12-21(25(20)28)27(2,3)4/h9-14,28-29H,1-8H3. The number of aryl methyl sites for hydroxylation is 1. The fourth-order valence-corrected chi connectivity index (χ4v) is 3.93. The van der Waals surface area contributed by atoms with Crippen LogP contribution in [0.3, 0.4) is 0 Å². The zero-order valence-electron chi connectivity index (χ0n) is 20.5. The molecular weight excluding hydrogens is 420 g/mol. The molecule has 6 heteroatoms. The van der Waals surface area contributed by atoms with E-state index in [1.54, 1.807) is 39.5 Å². The highest BCUT2D eigenvalue weighted by Gasteiger charge is 2.25. The minimum atomic E-state index is -0.321. The number of methoxy groups -OCH3 is 4. The molecule has 3 rings (SSSR count). The summed E-state index contributed by atoms with van der Waals surface area (Å²) in [4.78, 5) is 0. The van der Waals surface area contributed by atoms with Crippen LogP contribution in [0.2, 0.25) is 0 Å². The van der Waals surface area contributed by atoms with Gasteiger partial charge >= 0.3 is 0 Å². The second kappa shape index (κ2) is 9.14. The molecule has 0 bridgehead atoms. The number of hydrogen-bond acceptors (Lipinski definition) is 6. The van der Waals surface area contributed by atoms with Crippen LogP contribution in [-0.4, -0.2) is 38.7 Å². The van der Waals surface area contributed by atoms with Crippen LogP contribution in [0.4, 0.5) is 0 Å². The molecule has 0 aliphatic heterocycles. The van der Waals surface area contributed by atoms with E-state index in [0.717, 1.165) is 11.1 Å². The van der Waals surface area contributed by atoms with Gasteiger partial charge in [-0.3, -0.25) is 0 Å². The first-order chi connectivity index (χ1) is 15.5. The lowest BCUT2D eigenvalue weighted by Gasteiger charge is -2.24. The Hall–Kier alpha value is -3.54. The van der Waals surface area contributed by atoms with Gasteiger partial charge in [0.15, 0.2) is 11.5 Å². The van der Waals surface area contributed by atoms with Gasteiger partial charge in [0, 0.05) is 33.9 Å². The molecule has 0 amide bonds. The second-order valence-corrected chi connectivity index (χ2v) is 8.94. The highest BCUT2D eigenvalue weighted by molar-refractivity contribution is 5.88. The highest BCUT2D eigenvalue weighted by Crippen LogP contribution is 2.49. The molecule has 33 heavy (non-hydrogen) atoms. The van der Waals surface area contributed by atoms with E-state index in [4.69, 9.17) is 18.9 Å². The van der Waals surface area contributed by atoms with Crippen LogP contribution in [-0.2, 0) is 5.41 Å². The van der Waals surface area contributed by atoms with E-state index < -0.39 is 0 Å². The summed E-state index contributed by atoms with van der Waals surface area (Å²) in [6, 6.07) is 10.8. The summed E-state index contributed by atoms with van der Waals surface area (Å²) in [6.45, 7) is 8.00. The lowest BCUT2D eigenvalue weighted by atomic mass is 9.83. The molecule has 0 atom stereocenters. The largest absolute Gasteiger partial charge is 0.507 e. The van der Waals surface area contributed by atoms with Gasteiger partial charge in [-0.2, -0.15) is 0 Å². The van der Waals surface area contributed by atoms with Crippen molar-refractivity contribution in [3.8, 4) is 56.8 Å². The third-order valence-corrected chi connectivity index (χ3v) is 5.67. The molecule has 0 aliphatic rings. The summed E-state index contributed by atoms with van der Waals surface area (Å²) in [5, 5.41) is 22.2. The van der Waals surface area contributed by atoms with E-state index in [9.17, 15) is 10.2 Å². The summed E-state index contributed by atoms with van der Waals surface area (Å²) < 4.78 is 22.2. The molecule has 6 nitrogen and oxygen atoms in total. The molecule has 0 fully saturated rings. The first kappa shape index (κ1) is 24.1. The number of ether oxygens (including phenoxy) is 4. The average Bonchev–Trinajstić information content (AvgIpc) is 2.78. The third-order valence-electron chi connectivity index (χ3n) is 5.67. The van der Waals surface area contributed by atoms with Gasteiger partial charge in [-0.1, -0.05) is 20.8 Å². The molecule has 0 saturated carbocycles. The van der Waals surface area contributed by atoms with Crippen molar-refractivity contribution >= 4 is 0 Å². The number of hydrogen-bond donors (Lipinski definition) is 2. The summed E-state index contributed by atoms with van der Waals surface area (Å²) >= 11 is 0. The molecule has 3 aromatic carbocycles. The van der Waals surface area contributed by atoms with Crippen LogP contribution in [0.25, 0.3) is 22.3 Å². The second-order valence-electron chi connectivity index (χ2n) is 8.94. The van der Waals surface area contributed by atoms with E-state index in [2.05, 4.69) is 0 Å². The molecule has 0 aliphatic carbocycles. The van der Waals surface area contributed by atoms with Crippen LogP contribution in [0.15, 0.2) is 36.4 Å². The normalized spacial score (nSPS) is 11.3. The minimum absolute atomic E-state index is 0.00256. The molecule has 176 valence electrons. The zero-order chi connectivity index (χ0) is 24.5. The van der Waals surface area contributed by atoms with Gasteiger partial charge in [-0.15, -0.1) is 0 Å². The Morgan fingerprint density at radius 2 is 1.12 bits per heavy atom. The van der Waals surface area contributed by atoms with E-state index in [1.165, 1.54) is 7.11 Å². The van der Waals surface area contributed by atoms with Crippen molar-refractivity contribution in [1.29, 1.82) is 0 Å². The van der Waals surface area contributed by atoms with Crippen LogP contribution < -0.4 is 18.9 Å². The molecule has 0 spiro atoms. The summed E-state index contributed by atoms with van der Waals surface area (Å²) in [5.41, 5.74) is 3.71. The Bertz CT molecular complexity index is 1170. The third kappa shape index (κ3) is 4.51. The van der Waals surface area contributed by atoms with Gasteiger partial charge in [0.05, 0.1) is 28.4 Å². The topological polar surface area (TPSA) is 77.4 Å². The van der Waals surface area contributed by atoms with Gasteiger partial charge < -0.3 is 29.2 Å². The first-order valence-corrected chi connectivity index (χ1v) is 10.6.